The third-order valence-electron chi connectivity index (χ3n) is 4.78. The predicted molar refractivity (Wildman–Crippen MR) is 94.9 cm³/mol. The summed E-state index contributed by atoms with van der Waals surface area (Å²) in [5.74, 6) is 0. The molecule has 0 heterocycles. The highest BCUT2D eigenvalue weighted by atomic mass is 14.9. The van der Waals surface area contributed by atoms with Crippen LogP contribution in [0, 0.1) is 0 Å². The van der Waals surface area contributed by atoms with Gasteiger partial charge in [-0.25, -0.2) is 0 Å². The molecule has 0 aliphatic heterocycles. The van der Waals surface area contributed by atoms with E-state index < -0.39 is 0 Å². The summed E-state index contributed by atoms with van der Waals surface area (Å²) in [6.07, 6.45) is 7.80. The van der Waals surface area contributed by atoms with Crippen LogP contribution in [0.1, 0.15) is 90.3 Å². The van der Waals surface area contributed by atoms with Crippen molar-refractivity contribution in [1.29, 1.82) is 0 Å². The van der Waals surface area contributed by atoms with Gasteiger partial charge in [0.05, 0.1) is 0 Å². The Morgan fingerprint density at radius 1 is 0.952 bits per heavy atom. The Labute approximate surface area is 132 Å². The van der Waals surface area contributed by atoms with Crippen molar-refractivity contribution in [2.24, 2.45) is 0 Å². The zero-order valence-corrected chi connectivity index (χ0v) is 14.8. The van der Waals surface area contributed by atoms with Crippen molar-refractivity contribution >= 4 is 0 Å². The molecule has 0 aliphatic carbocycles. The van der Waals surface area contributed by atoms with E-state index >= 15 is 0 Å². The first-order chi connectivity index (χ1) is 10.0. The molecular weight excluding hydrogens is 254 g/mol. The van der Waals surface area contributed by atoms with Crippen molar-refractivity contribution in [3.8, 4) is 0 Å². The van der Waals surface area contributed by atoms with Crippen LogP contribution in [0.3, 0.4) is 0 Å². The summed E-state index contributed by atoms with van der Waals surface area (Å²) in [5, 5.41) is 3.65. The fraction of sp³-hybridized carbons (Fsp3) is 0.700. The minimum Gasteiger partial charge on any atom is -0.310 e. The molecule has 0 saturated heterocycles. The molecule has 1 unspecified atom stereocenters. The molecule has 0 radical (unpaired) electrons. The Balaban J connectivity index is 2.70. The van der Waals surface area contributed by atoms with Gasteiger partial charge in [0, 0.05) is 6.04 Å². The van der Waals surface area contributed by atoms with E-state index in [9.17, 15) is 0 Å². The fourth-order valence-electron chi connectivity index (χ4n) is 2.78. The molecule has 1 aromatic rings. The van der Waals surface area contributed by atoms with E-state index in [-0.39, 0.29) is 5.41 Å². The van der Waals surface area contributed by atoms with Crippen molar-refractivity contribution in [1.82, 2.24) is 5.32 Å². The molecule has 0 fully saturated rings. The molecule has 0 spiro atoms. The standard InChI is InChI=1S/C20H35N/c1-6-9-10-11-12-19(21-8-3)17-13-15-18(16-14-17)20(4,5)7-2/h13-16,19,21H,6-12H2,1-5H3. The highest BCUT2D eigenvalue weighted by Gasteiger charge is 2.18. The van der Waals surface area contributed by atoms with Crippen LogP contribution in [0.25, 0.3) is 0 Å². The monoisotopic (exact) mass is 289 g/mol. The highest BCUT2D eigenvalue weighted by molar-refractivity contribution is 5.29. The first-order valence-electron chi connectivity index (χ1n) is 8.89. The Hall–Kier alpha value is -0.820. The summed E-state index contributed by atoms with van der Waals surface area (Å²) in [6.45, 7) is 12.4. The van der Waals surface area contributed by atoms with Gasteiger partial charge in [0.2, 0.25) is 0 Å². The maximum Gasteiger partial charge on any atom is 0.0320 e. The third kappa shape index (κ3) is 5.82. The lowest BCUT2D eigenvalue weighted by Crippen LogP contribution is -2.21. The molecule has 120 valence electrons. The first kappa shape index (κ1) is 18.2. The lowest BCUT2D eigenvalue weighted by Gasteiger charge is -2.25. The molecule has 1 rings (SSSR count). The lowest BCUT2D eigenvalue weighted by molar-refractivity contribution is 0.479. The van der Waals surface area contributed by atoms with Gasteiger partial charge >= 0.3 is 0 Å². The molecule has 1 heteroatoms. The van der Waals surface area contributed by atoms with Gasteiger partial charge in [0.15, 0.2) is 0 Å². The maximum absolute atomic E-state index is 3.65. The SMILES string of the molecule is CCCCCCC(NCC)c1ccc(C(C)(C)CC)cc1. The van der Waals surface area contributed by atoms with Crippen LogP contribution in [0.15, 0.2) is 24.3 Å². The number of hydrogen-bond acceptors (Lipinski definition) is 1. The van der Waals surface area contributed by atoms with Crippen LogP contribution in [-0.4, -0.2) is 6.54 Å². The fourth-order valence-corrected chi connectivity index (χ4v) is 2.78. The van der Waals surface area contributed by atoms with E-state index in [0.29, 0.717) is 6.04 Å². The Morgan fingerprint density at radius 3 is 2.14 bits per heavy atom. The number of nitrogens with one attached hydrogen (secondary N) is 1. The molecule has 0 aromatic heterocycles. The van der Waals surface area contributed by atoms with E-state index in [2.05, 4.69) is 64.2 Å². The second kappa shape index (κ2) is 9.25. The number of unbranched alkanes of at least 4 members (excludes halogenated alkanes) is 3. The molecule has 1 N–H and O–H groups in total. The van der Waals surface area contributed by atoms with Crippen molar-refractivity contribution < 1.29 is 0 Å². The van der Waals surface area contributed by atoms with Crippen LogP contribution in [0.2, 0.25) is 0 Å². The molecule has 0 amide bonds. The summed E-state index contributed by atoms with van der Waals surface area (Å²) in [4.78, 5) is 0. The topological polar surface area (TPSA) is 12.0 Å². The van der Waals surface area contributed by atoms with Crippen molar-refractivity contribution in [2.45, 2.75) is 84.6 Å². The zero-order chi connectivity index (χ0) is 15.7. The Bertz CT molecular complexity index is 377. The van der Waals surface area contributed by atoms with Gasteiger partial charge in [-0.2, -0.15) is 0 Å². The van der Waals surface area contributed by atoms with E-state index in [1.54, 1.807) is 0 Å². The van der Waals surface area contributed by atoms with Crippen LogP contribution >= 0.6 is 0 Å². The van der Waals surface area contributed by atoms with Crippen molar-refractivity contribution in [2.75, 3.05) is 6.54 Å². The highest BCUT2D eigenvalue weighted by Crippen LogP contribution is 2.28. The largest absolute Gasteiger partial charge is 0.310 e. The number of hydrogen-bond donors (Lipinski definition) is 1. The van der Waals surface area contributed by atoms with Crippen LogP contribution in [-0.2, 0) is 5.41 Å². The zero-order valence-electron chi connectivity index (χ0n) is 14.8. The summed E-state index contributed by atoms with van der Waals surface area (Å²) in [7, 11) is 0. The number of rotatable bonds is 10. The second-order valence-electron chi connectivity index (χ2n) is 6.82. The van der Waals surface area contributed by atoms with Crippen LogP contribution < -0.4 is 5.32 Å². The van der Waals surface area contributed by atoms with E-state index in [4.69, 9.17) is 0 Å². The molecule has 0 aliphatic rings. The summed E-state index contributed by atoms with van der Waals surface area (Å²) in [6, 6.07) is 9.84. The van der Waals surface area contributed by atoms with Crippen LogP contribution in [0.5, 0.6) is 0 Å². The summed E-state index contributed by atoms with van der Waals surface area (Å²) >= 11 is 0. The lowest BCUT2D eigenvalue weighted by atomic mass is 9.81. The van der Waals surface area contributed by atoms with Gasteiger partial charge in [0.1, 0.15) is 0 Å². The van der Waals surface area contributed by atoms with Gasteiger partial charge in [-0.05, 0) is 35.9 Å². The predicted octanol–water partition coefficient (Wildman–Crippen LogP) is 6.00. The van der Waals surface area contributed by atoms with Crippen molar-refractivity contribution in [3.05, 3.63) is 35.4 Å². The number of benzene rings is 1. The molecule has 1 nitrogen and oxygen atoms in total. The van der Waals surface area contributed by atoms with Gasteiger partial charge in [-0.15, -0.1) is 0 Å². The minimum absolute atomic E-state index is 0.285. The van der Waals surface area contributed by atoms with E-state index in [1.165, 1.54) is 49.7 Å². The average molecular weight is 290 g/mol. The molecule has 0 bridgehead atoms. The van der Waals surface area contributed by atoms with Gasteiger partial charge < -0.3 is 5.32 Å². The molecular formula is C20H35N. The van der Waals surface area contributed by atoms with Gasteiger partial charge in [0.25, 0.3) is 0 Å². The molecule has 21 heavy (non-hydrogen) atoms. The Morgan fingerprint density at radius 2 is 1.62 bits per heavy atom. The molecule has 1 aromatic carbocycles. The maximum atomic E-state index is 3.65. The third-order valence-corrected chi connectivity index (χ3v) is 4.78. The molecule has 1 atom stereocenters. The molecule has 0 saturated carbocycles. The normalized spacial score (nSPS) is 13.4. The van der Waals surface area contributed by atoms with Crippen molar-refractivity contribution in [3.63, 3.8) is 0 Å². The quantitative estimate of drug-likeness (QED) is 0.521. The first-order valence-corrected chi connectivity index (χ1v) is 8.89. The Kier molecular flexibility index (Phi) is 8.03. The summed E-state index contributed by atoms with van der Waals surface area (Å²) in [5.41, 5.74) is 3.19. The van der Waals surface area contributed by atoms with E-state index in [1.807, 2.05) is 0 Å². The van der Waals surface area contributed by atoms with Gasteiger partial charge in [-0.1, -0.05) is 84.6 Å². The van der Waals surface area contributed by atoms with Gasteiger partial charge in [-0.3, -0.25) is 0 Å². The van der Waals surface area contributed by atoms with E-state index in [0.717, 1.165) is 6.54 Å². The minimum atomic E-state index is 0.285. The summed E-state index contributed by atoms with van der Waals surface area (Å²) < 4.78 is 0. The second-order valence-corrected chi connectivity index (χ2v) is 6.82. The smallest absolute Gasteiger partial charge is 0.0320 e. The van der Waals surface area contributed by atoms with Crippen LogP contribution in [0.4, 0.5) is 0 Å². The average Bonchev–Trinajstić information content (AvgIpc) is 2.50.